The lowest BCUT2D eigenvalue weighted by Gasteiger charge is -2.32. The Morgan fingerprint density at radius 1 is 1.07 bits per heavy atom. The Morgan fingerprint density at radius 2 is 1.83 bits per heavy atom. The zero-order valence-electron chi connectivity index (χ0n) is 16.2. The predicted octanol–water partition coefficient (Wildman–Crippen LogP) is 2.70. The molecule has 0 radical (unpaired) electrons. The minimum atomic E-state index is -3.60. The minimum Gasteiger partial charge on any atom is -0.356 e. The van der Waals surface area contributed by atoms with Crippen LogP contribution in [0.1, 0.15) is 19.3 Å². The van der Waals surface area contributed by atoms with Crippen molar-refractivity contribution < 1.29 is 8.42 Å². The average Bonchev–Trinajstić information content (AvgIpc) is 2.73. The van der Waals surface area contributed by atoms with Gasteiger partial charge in [0.05, 0.1) is 5.69 Å². The van der Waals surface area contributed by atoms with Crippen LogP contribution in [0.25, 0.3) is 22.0 Å². The van der Waals surface area contributed by atoms with Crippen molar-refractivity contribution in [2.24, 2.45) is 11.1 Å². The van der Waals surface area contributed by atoms with Crippen LogP contribution < -0.4 is 14.8 Å². The Balaban J connectivity index is 1.45. The van der Waals surface area contributed by atoms with Gasteiger partial charge in [-0.3, -0.25) is 0 Å². The second kappa shape index (κ2) is 8.44. The molecule has 0 amide bonds. The van der Waals surface area contributed by atoms with Gasteiger partial charge in [0.15, 0.2) is 0 Å². The van der Waals surface area contributed by atoms with E-state index >= 15 is 0 Å². The molecule has 0 atom stereocenters. The zero-order valence-corrected chi connectivity index (χ0v) is 17.0. The first-order valence-corrected chi connectivity index (χ1v) is 11.4. The van der Waals surface area contributed by atoms with Crippen LogP contribution in [0, 0.1) is 5.92 Å². The highest BCUT2D eigenvalue weighted by molar-refractivity contribution is 7.87. The third-order valence-electron chi connectivity index (χ3n) is 5.51. The molecule has 1 saturated heterocycles. The number of nitrogens with one attached hydrogen (secondary N) is 1. The highest BCUT2D eigenvalue weighted by Crippen LogP contribution is 2.30. The van der Waals surface area contributed by atoms with Crippen LogP contribution in [0.3, 0.4) is 0 Å². The second-order valence-corrected chi connectivity index (χ2v) is 8.83. The number of nitrogens with zero attached hydrogens (tertiary/aromatic N) is 3. The molecule has 1 aromatic heterocycles. The number of nitrogens with two attached hydrogens (primary N) is 1. The van der Waals surface area contributed by atoms with E-state index in [4.69, 9.17) is 5.14 Å². The zero-order chi connectivity index (χ0) is 20.3. The van der Waals surface area contributed by atoms with Gasteiger partial charge in [0.25, 0.3) is 10.2 Å². The van der Waals surface area contributed by atoms with Gasteiger partial charge in [-0.1, -0.05) is 42.5 Å². The van der Waals surface area contributed by atoms with Crippen molar-refractivity contribution in [1.29, 1.82) is 0 Å². The summed E-state index contributed by atoms with van der Waals surface area (Å²) in [7, 11) is -3.60. The Bertz CT molecular complexity index is 1090. The summed E-state index contributed by atoms with van der Waals surface area (Å²) in [5, 5.41) is 7.36. The molecule has 1 fully saturated rings. The summed E-state index contributed by atoms with van der Waals surface area (Å²) in [6.07, 6.45) is 4.43. The van der Waals surface area contributed by atoms with Gasteiger partial charge in [-0.05, 0) is 36.0 Å². The van der Waals surface area contributed by atoms with Crippen molar-refractivity contribution in [3.05, 3.63) is 54.9 Å². The van der Waals surface area contributed by atoms with E-state index in [0.29, 0.717) is 12.5 Å². The average molecular weight is 412 g/mol. The number of fused-ring (bicyclic) bond motifs is 1. The van der Waals surface area contributed by atoms with E-state index in [1.54, 1.807) is 6.33 Å². The number of rotatable bonds is 6. The molecule has 0 bridgehead atoms. The standard InChI is InChI=1S/C21H25N5O2S/c22-29(27,28)25-11-8-16-9-12-26(13-10-16)21-14-20(23-15-24-21)19-7-3-5-17-4-1-2-6-18(17)19/h1-7,14-16,25H,8-13H2,(H2,22,27,28). The molecule has 7 nitrogen and oxygen atoms in total. The third kappa shape index (κ3) is 4.90. The van der Waals surface area contributed by atoms with Crippen LogP contribution in [0.4, 0.5) is 5.82 Å². The van der Waals surface area contributed by atoms with Crippen molar-refractivity contribution >= 4 is 26.8 Å². The Kier molecular flexibility index (Phi) is 5.75. The highest BCUT2D eigenvalue weighted by atomic mass is 32.2. The van der Waals surface area contributed by atoms with Gasteiger partial charge in [0.1, 0.15) is 12.1 Å². The van der Waals surface area contributed by atoms with Crippen LogP contribution in [0.5, 0.6) is 0 Å². The Hall–Kier alpha value is -2.55. The fourth-order valence-corrected chi connectivity index (χ4v) is 4.37. The van der Waals surface area contributed by atoms with Crippen LogP contribution in [0.15, 0.2) is 54.9 Å². The van der Waals surface area contributed by atoms with Crippen molar-refractivity contribution in [3.63, 3.8) is 0 Å². The van der Waals surface area contributed by atoms with Crippen LogP contribution in [0.2, 0.25) is 0 Å². The summed E-state index contributed by atoms with van der Waals surface area (Å²) in [6, 6.07) is 16.6. The molecule has 0 spiro atoms. The quantitative estimate of drug-likeness (QED) is 0.649. The molecule has 1 aliphatic heterocycles. The Morgan fingerprint density at radius 3 is 2.62 bits per heavy atom. The van der Waals surface area contributed by atoms with E-state index in [2.05, 4.69) is 56.0 Å². The van der Waals surface area contributed by atoms with E-state index in [1.807, 2.05) is 12.1 Å². The number of hydrogen-bond acceptors (Lipinski definition) is 5. The fraction of sp³-hybridized carbons (Fsp3) is 0.333. The summed E-state index contributed by atoms with van der Waals surface area (Å²) in [6.45, 7) is 2.18. The molecule has 8 heteroatoms. The van der Waals surface area contributed by atoms with Crippen LogP contribution in [-0.4, -0.2) is 38.0 Å². The SMILES string of the molecule is NS(=O)(=O)NCCC1CCN(c2cc(-c3cccc4ccccc34)ncn2)CC1. The summed E-state index contributed by atoms with van der Waals surface area (Å²) < 4.78 is 24.3. The van der Waals surface area contributed by atoms with Gasteiger partial charge in [-0.25, -0.2) is 19.8 Å². The number of anilines is 1. The molecule has 0 aliphatic carbocycles. The third-order valence-corrected chi connectivity index (χ3v) is 6.12. The van der Waals surface area contributed by atoms with Crippen LogP contribution >= 0.6 is 0 Å². The number of aromatic nitrogens is 2. The lowest BCUT2D eigenvalue weighted by atomic mass is 9.93. The second-order valence-electron chi connectivity index (χ2n) is 7.45. The monoisotopic (exact) mass is 411 g/mol. The van der Waals surface area contributed by atoms with Gasteiger partial charge in [-0.2, -0.15) is 8.42 Å². The predicted molar refractivity (Wildman–Crippen MR) is 116 cm³/mol. The van der Waals surface area contributed by atoms with Crippen molar-refractivity contribution in [1.82, 2.24) is 14.7 Å². The smallest absolute Gasteiger partial charge is 0.274 e. The fourth-order valence-electron chi connectivity index (χ4n) is 3.97. The molecule has 2 aromatic carbocycles. The van der Waals surface area contributed by atoms with Crippen molar-refractivity contribution in [3.8, 4) is 11.3 Å². The number of piperidine rings is 1. The van der Waals surface area contributed by atoms with Gasteiger partial charge in [-0.15, -0.1) is 0 Å². The normalized spacial score (nSPS) is 15.7. The highest BCUT2D eigenvalue weighted by Gasteiger charge is 2.21. The van der Waals surface area contributed by atoms with Crippen molar-refractivity contribution in [2.45, 2.75) is 19.3 Å². The molecule has 3 aromatic rings. The first kappa shape index (κ1) is 19.8. The van der Waals surface area contributed by atoms with E-state index < -0.39 is 10.2 Å². The minimum absolute atomic E-state index is 0.391. The van der Waals surface area contributed by atoms with Crippen LogP contribution in [-0.2, 0) is 10.2 Å². The molecule has 29 heavy (non-hydrogen) atoms. The van der Waals surface area contributed by atoms with Gasteiger partial charge in [0.2, 0.25) is 0 Å². The molecule has 0 saturated carbocycles. The summed E-state index contributed by atoms with van der Waals surface area (Å²) in [5.74, 6) is 1.42. The van der Waals surface area contributed by atoms with E-state index in [0.717, 1.165) is 49.4 Å². The number of hydrogen-bond donors (Lipinski definition) is 2. The maximum absolute atomic E-state index is 11.0. The first-order valence-electron chi connectivity index (χ1n) is 9.82. The van der Waals surface area contributed by atoms with Crippen molar-refractivity contribution in [2.75, 3.05) is 24.5 Å². The molecule has 152 valence electrons. The molecular weight excluding hydrogens is 386 g/mol. The summed E-state index contributed by atoms with van der Waals surface area (Å²) in [4.78, 5) is 11.3. The molecule has 0 unspecified atom stereocenters. The van der Waals surface area contributed by atoms with Gasteiger partial charge in [0, 0.05) is 31.3 Å². The molecule has 3 N–H and O–H groups in total. The summed E-state index contributed by atoms with van der Waals surface area (Å²) in [5.41, 5.74) is 2.03. The molecule has 4 rings (SSSR count). The first-order chi connectivity index (χ1) is 14.0. The van der Waals surface area contributed by atoms with E-state index in [1.165, 1.54) is 10.8 Å². The van der Waals surface area contributed by atoms with Gasteiger partial charge < -0.3 is 4.90 Å². The number of benzene rings is 2. The molecular formula is C21H25N5O2S. The molecule has 1 aliphatic rings. The van der Waals surface area contributed by atoms with E-state index in [-0.39, 0.29) is 0 Å². The summed E-state index contributed by atoms with van der Waals surface area (Å²) >= 11 is 0. The van der Waals surface area contributed by atoms with E-state index in [9.17, 15) is 8.42 Å². The lowest BCUT2D eigenvalue weighted by Crippen LogP contribution is -2.36. The lowest BCUT2D eigenvalue weighted by molar-refractivity contribution is 0.380. The topological polar surface area (TPSA) is 101 Å². The largest absolute Gasteiger partial charge is 0.356 e. The maximum Gasteiger partial charge on any atom is 0.274 e. The van der Waals surface area contributed by atoms with Gasteiger partial charge >= 0.3 is 0 Å². The maximum atomic E-state index is 11.0. The molecule has 2 heterocycles. The Labute approximate surface area is 171 Å².